The zero-order valence-corrected chi connectivity index (χ0v) is 13.9. The molecular weight excluding hydrogens is 280 g/mol. The molecule has 0 aliphatic carbocycles. The molecule has 0 fully saturated rings. The molecule has 1 atom stereocenters. The number of para-hydroxylation sites is 1. The Balaban J connectivity index is 1.77. The molecule has 0 N–H and O–H groups in total. The summed E-state index contributed by atoms with van der Waals surface area (Å²) in [5.74, 6) is 0.285. The van der Waals surface area contributed by atoms with E-state index in [1.807, 2.05) is 12.1 Å². The summed E-state index contributed by atoms with van der Waals surface area (Å²) in [7, 11) is 4.11. The minimum absolute atomic E-state index is 0.285. The SMILES string of the molecule is CC(/C=C/c1ccc(N(C)C)cc1)c1ccc2ccccc2n1. The van der Waals surface area contributed by atoms with Gasteiger partial charge >= 0.3 is 0 Å². The van der Waals surface area contributed by atoms with E-state index in [4.69, 9.17) is 4.98 Å². The van der Waals surface area contributed by atoms with Crippen molar-refractivity contribution < 1.29 is 0 Å². The van der Waals surface area contributed by atoms with Gasteiger partial charge in [0.2, 0.25) is 0 Å². The molecule has 23 heavy (non-hydrogen) atoms. The maximum atomic E-state index is 4.77. The van der Waals surface area contributed by atoms with Gasteiger partial charge in [-0.25, -0.2) is 0 Å². The van der Waals surface area contributed by atoms with Crippen molar-refractivity contribution in [3.8, 4) is 0 Å². The lowest BCUT2D eigenvalue weighted by atomic mass is 10.0. The summed E-state index contributed by atoms with van der Waals surface area (Å²) in [6.45, 7) is 2.18. The van der Waals surface area contributed by atoms with Gasteiger partial charge in [0.05, 0.1) is 5.52 Å². The number of nitrogens with zero attached hydrogens (tertiary/aromatic N) is 2. The lowest BCUT2D eigenvalue weighted by Gasteiger charge is -2.12. The van der Waals surface area contributed by atoms with Gasteiger partial charge < -0.3 is 4.90 Å². The number of allylic oxidation sites excluding steroid dienone is 1. The lowest BCUT2D eigenvalue weighted by molar-refractivity contribution is 0.922. The van der Waals surface area contributed by atoms with Gasteiger partial charge in [-0.15, -0.1) is 0 Å². The third-order valence-corrected chi connectivity index (χ3v) is 4.07. The Morgan fingerprint density at radius 3 is 2.39 bits per heavy atom. The Labute approximate surface area is 138 Å². The third-order valence-electron chi connectivity index (χ3n) is 4.07. The second kappa shape index (κ2) is 6.66. The average molecular weight is 302 g/mol. The fourth-order valence-corrected chi connectivity index (χ4v) is 2.57. The van der Waals surface area contributed by atoms with Crippen molar-refractivity contribution in [1.29, 1.82) is 0 Å². The molecule has 3 aromatic rings. The van der Waals surface area contributed by atoms with Gasteiger partial charge in [-0.3, -0.25) is 4.98 Å². The van der Waals surface area contributed by atoms with Crippen molar-refractivity contribution in [2.45, 2.75) is 12.8 Å². The van der Waals surface area contributed by atoms with Gasteiger partial charge in [0.1, 0.15) is 0 Å². The van der Waals surface area contributed by atoms with Crippen LogP contribution < -0.4 is 4.90 Å². The minimum atomic E-state index is 0.285. The zero-order chi connectivity index (χ0) is 16.2. The maximum absolute atomic E-state index is 4.77. The van der Waals surface area contributed by atoms with E-state index in [2.05, 4.69) is 86.6 Å². The van der Waals surface area contributed by atoms with Crippen LogP contribution in [0.3, 0.4) is 0 Å². The summed E-state index contributed by atoms with van der Waals surface area (Å²) in [4.78, 5) is 6.87. The van der Waals surface area contributed by atoms with Crippen molar-refractivity contribution in [3.05, 3.63) is 78.0 Å². The Morgan fingerprint density at radius 2 is 1.65 bits per heavy atom. The summed E-state index contributed by atoms with van der Waals surface area (Å²) in [5.41, 5.74) is 4.58. The molecule has 0 spiro atoms. The molecule has 3 rings (SSSR count). The van der Waals surface area contributed by atoms with Crippen molar-refractivity contribution >= 4 is 22.7 Å². The van der Waals surface area contributed by atoms with E-state index >= 15 is 0 Å². The van der Waals surface area contributed by atoms with Gasteiger partial charge in [-0.2, -0.15) is 0 Å². The molecule has 1 heterocycles. The quantitative estimate of drug-likeness (QED) is 0.665. The maximum Gasteiger partial charge on any atom is 0.0705 e. The topological polar surface area (TPSA) is 16.1 Å². The fraction of sp³-hybridized carbons (Fsp3) is 0.190. The van der Waals surface area contributed by atoms with Crippen LogP contribution in [0.1, 0.15) is 24.1 Å². The predicted molar refractivity (Wildman–Crippen MR) is 100.0 cm³/mol. The number of anilines is 1. The molecule has 0 bridgehead atoms. The second-order valence-corrected chi connectivity index (χ2v) is 6.06. The number of hydrogen-bond donors (Lipinski definition) is 0. The van der Waals surface area contributed by atoms with Gasteiger partial charge in [0.25, 0.3) is 0 Å². The summed E-state index contributed by atoms with van der Waals surface area (Å²) < 4.78 is 0. The molecule has 0 radical (unpaired) electrons. The molecule has 0 saturated heterocycles. The molecule has 2 nitrogen and oxygen atoms in total. The Morgan fingerprint density at radius 1 is 0.913 bits per heavy atom. The summed E-state index contributed by atoms with van der Waals surface area (Å²) in [6.07, 6.45) is 4.38. The highest BCUT2D eigenvalue weighted by atomic mass is 15.1. The normalized spacial score (nSPS) is 12.7. The first kappa shape index (κ1) is 15.3. The van der Waals surface area contributed by atoms with E-state index in [1.54, 1.807) is 0 Å². The van der Waals surface area contributed by atoms with Crippen LogP contribution in [0.15, 0.2) is 66.7 Å². The molecule has 0 saturated carbocycles. The average Bonchev–Trinajstić information content (AvgIpc) is 2.59. The third kappa shape index (κ3) is 3.59. The van der Waals surface area contributed by atoms with E-state index in [9.17, 15) is 0 Å². The number of pyridine rings is 1. The highest BCUT2D eigenvalue weighted by molar-refractivity contribution is 5.78. The number of rotatable bonds is 4. The lowest BCUT2D eigenvalue weighted by Crippen LogP contribution is -2.07. The van der Waals surface area contributed by atoms with Crippen LogP contribution in [0.5, 0.6) is 0 Å². The van der Waals surface area contributed by atoms with Gasteiger partial charge in [0, 0.05) is 36.8 Å². The van der Waals surface area contributed by atoms with Crippen LogP contribution in [0.2, 0.25) is 0 Å². The van der Waals surface area contributed by atoms with Crippen LogP contribution in [0.4, 0.5) is 5.69 Å². The molecule has 2 aromatic carbocycles. The first-order valence-corrected chi connectivity index (χ1v) is 7.95. The molecule has 1 aromatic heterocycles. The number of hydrogen-bond acceptors (Lipinski definition) is 2. The largest absolute Gasteiger partial charge is 0.378 e. The van der Waals surface area contributed by atoms with Crippen LogP contribution >= 0.6 is 0 Å². The van der Waals surface area contributed by atoms with E-state index in [0.29, 0.717) is 0 Å². The van der Waals surface area contributed by atoms with E-state index in [-0.39, 0.29) is 5.92 Å². The Kier molecular flexibility index (Phi) is 4.42. The van der Waals surface area contributed by atoms with Crippen LogP contribution in [-0.2, 0) is 0 Å². The van der Waals surface area contributed by atoms with Crippen molar-refractivity contribution in [2.75, 3.05) is 19.0 Å². The van der Waals surface area contributed by atoms with Gasteiger partial charge in [0.15, 0.2) is 0 Å². The van der Waals surface area contributed by atoms with Crippen LogP contribution in [0.25, 0.3) is 17.0 Å². The first-order valence-electron chi connectivity index (χ1n) is 7.95. The van der Waals surface area contributed by atoms with Gasteiger partial charge in [-0.05, 0) is 29.8 Å². The highest BCUT2D eigenvalue weighted by Gasteiger charge is 2.04. The summed E-state index contributed by atoms with van der Waals surface area (Å²) >= 11 is 0. The number of fused-ring (bicyclic) bond motifs is 1. The second-order valence-electron chi connectivity index (χ2n) is 6.06. The first-order chi connectivity index (χ1) is 11.1. The van der Waals surface area contributed by atoms with Crippen molar-refractivity contribution in [2.24, 2.45) is 0 Å². The Bertz CT molecular complexity index is 817. The van der Waals surface area contributed by atoms with Gasteiger partial charge in [-0.1, -0.05) is 55.5 Å². The molecule has 0 aliphatic heterocycles. The van der Waals surface area contributed by atoms with Crippen LogP contribution in [0, 0.1) is 0 Å². The molecule has 116 valence electrons. The van der Waals surface area contributed by atoms with E-state index in [1.165, 1.54) is 16.6 Å². The van der Waals surface area contributed by atoms with Crippen molar-refractivity contribution in [1.82, 2.24) is 4.98 Å². The standard InChI is InChI=1S/C21H22N2/c1-16(8-9-17-10-13-19(14-11-17)23(2)3)20-15-12-18-6-4-5-7-21(18)22-20/h4-16H,1-3H3/b9-8+. The smallest absolute Gasteiger partial charge is 0.0705 e. The zero-order valence-electron chi connectivity index (χ0n) is 13.9. The summed E-state index contributed by atoms with van der Waals surface area (Å²) in [6, 6.07) is 21.1. The molecule has 1 unspecified atom stereocenters. The monoisotopic (exact) mass is 302 g/mol. The van der Waals surface area contributed by atoms with E-state index in [0.717, 1.165) is 11.2 Å². The summed E-state index contributed by atoms with van der Waals surface area (Å²) in [5, 5.41) is 1.19. The Hall–Kier alpha value is -2.61. The fourth-order valence-electron chi connectivity index (χ4n) is 2.57. The van der Waals surface area contributed by atoms with E-state index < -0.39 is 0 Å². The van der Waals surface area contributed by atoms with Crippen LogP contribution in [-0.4, -0.2) is 19.1 Å². The number of benzene rings is 2. The minimum Gasteiger partial charge on any atom is -0.378 e. The predicted octanol–water partition coefficient (Wildman–Crippen LogP) is 5.12. The molecule has 0 amide bonds. The number of aromatic nitrogens is 1. The molecular formula is C21H22N2. The molecule has 2 heteroatoms. The van der Waals surface area contributed by atoms with Crippen molar-refractivity contribution in [3.63, 3.8) is 0 Å². The molecule has 0 aliphatic rings. The highest BCUT2D eigenvalue weighted by Crippen LogP contribution is 2.20.